The molecule has 5 heteroatoms. The molecule has 1 amide bonds. The highest BCUT2D eigenvalue weighted by Crippen LogP contribution is 2.25. The Morgan fingerprint density at radius 1 is 1.04 bits per heavy atom. The molecule has 5 nitrogen and oxygen atoms in total. The molecular formula is C20H20N4O. The van der Waals surface area contributed by atoms with Crippen molar-refractivity contribution in [2.24, 2.45) is 0 Å². The first-order valence-electron chi connectivity index (χ1n) is 8.66. The molecule has 0 atom stereocenters. The van der Waals surface area contributed by atoms with E-state index in [0.717, 1.165) is 30.4 Å². The van der Waals surface area contributed by atoms with E-state index in [9.17, 15) is 4.79 Å². The summed E-state index contributed by atoms with van der Waals surface area (Å²) in [5.41, 5.74) is 4.38. The Kier molecular flexibility index (Phi) is 4.29. The third-order valence-corrected chi connectivity index (χ3v) is 4.61. The van der Waals surface area contributed by atoms with E-state index < -0.39 is 0 Å². The summed E-state index contributed by atoms with van der Waals surface area (Å²) in [6, 6.07) is 16.0. The summed E-state index contributed by atoms with van der Waals surface area (Å²) in [6.45, 7) is 0.629. The summed E-state index contributed by atoms with van der Waals surface area (Å²) in [5, 5.41) is 11.0. The number of benzene rings is 2. The molecule has 0 saturated carbocycles. The Morgan fingerprint density at radius 3 is 2.76 bits per heavy atom. The average Bonchev–Trinajstić information content (AvgIpc) is 3.09. The summed E-state index contributed by atoms with van der Waals surface area (Å²) >= 11 is 0. The van der Waals surface area contributed by atoms with Gasteiger partial charge in [0, 0.05) is 5.56 Å². The molecule has 25 heavy (non-hydrogen) atoms. The fraction of sp³-hybridized carbons (Fsp3) is 0.250. The minimum Gasteiger partial charge on any atom is -0.304 e. The summed E-state index contributed by atoms with van der Waals surface area (Å²) in [5.74, 6) is 0.375. The molecule has 0 unspecified atom stereocenters. The van der Waals surface area contributed by atoms with E-state index in [0.29, 0.717) is 12.4 Å². The maximum Gasteiger partial charge on any atom is 0.257 e. The molecule has 0 saturated heterocycles. The van der Waals surface area contributed by atoms with E-state index in [-0.39, 0.29) is 5.91 Å². The molecule has 3 aromatic rings. The van der Waals surface area contributed by atoms with Crippen LogP contribution >= 0.6 is 0 Å². The summed E-state index contributed by atoms with van der Waals surface area (Å²) < 4.78 is 1.73. The summed E-state index contributed by atoms with van der Waals surface area (Å²) in [4.78, 5) is 12.7. The number of nitrogens with zero attached hydrogens (tertiary/aromatic N) is 3. The Hall–Kier alpha value is -2.95. The molecule has 4 rings (SSSR count). The largest absolute Gasteiger partial charge is 0.304 e. The van der Waals surface area contributed by atoms with Crippen molar-refractivity contribution in [3.63, 3.8) is 0 Å². The lowest BCUT2D eigenvalue weighted by Gasteiger charge is -2.18. The van der Waals surface area contributed by atoms with E-state index in [1.165, 1.54) is 17.5 Å². The van der Waals surface area contributed by atoms with Gasteiger partial charge in [-0.25, -0.2) is 4.68 Å². The third-order valence-electron chi connectivity index (χ3n) is 4.61. The molecule has 0 radical (unpaired) electrons. The van der Waals surface area contributed by atoms with Crippen molar-refractivity contribution >= 4 is 11.7 Å². The second kappa shape index (κ2) is 6.89. The van der Waals surface area contributed by atoms with Crippen LogP contribution in [0.2, 0.25) is 0 Å². The lowest BCUT2D eigenvalue weighted by atomic mass is 9.88. The Bertz CT molecular complexity index is 886. The van der Waals surface area contributed by atoms with Crippen LogP contribution in [0.4, 0.5) is 5.82 Å². The zero-order valence-corrected chi connectivity index (χ0v) is 14.0. The number of anilines is 1. The molecule has 0 spiro atoms. The van der Waals surface area contributed by atoms with Crippen molar-refractivity contribution in [3.8, 4) is 0 Å². The monoisotopic (exact) mass is 332 g/mol. The number of nitrogens with one attached hydrogen (secondary N) is 1. The van der Waals surface area contributed by atoms with Crippen LogP contribution in [0.3, 0.4) is 0 Å². The van der Waals surface area contributed by atoms with Gasteiger partial charge in [-0.15, -0.1) is 5.10 Å². The zero-order chi connectivity index (χ0) is 17.1. The maximum atomic E-state index is 12.7. The third kappa shape index (κ3) is 3.45. The van der Waals surface area contributed by atoms with E-state index in [1.807, 2.05) is 42.5 Å². The zero-order valence-electron chi connectivity index (χ0n) is 14.0. The SMILES string of the molecule is O=C(Nc1cn(Cc2ccccc2)nn1)c1cccc2c1CCCC2. The molecule has 1 aliphatic rings. The molecular weight excluding hydrogens is 312 g/mol. The van der Waals surface area contributed by atoms with Crippen molar-refractivity contribution in [3.05, 3.63) is 77.0 Å². The predicted octanol–water partition coefficient (Wildman–Crippen LogP) is 3.46. The number of amides is 1. The molecule has 1 heterocycles. The number of hydrogen-bond acceptors (Lipinski definition) is 3. The first kappa shape index (κ1) is 15.6. The lowest BCUT2D eigenvalue weighted by molar-refractivity contribution is 0.102. The van der Waals surface area contributed by atoms with Gasteiger partial charge in [0.05, 0.1) is 12.7 Å². The van der Waals surface area contributed by atoms with Crippen LogP contribution in [0.5, 0.6) is 0 Å². The number of rotatable bonds is 4. The molecule has 0 aliphatic heterocycles. The molecule has 0 fully saturated rings. The molecule has 126 valence electrons. The van der Waals surface area contributed by atoms with Gasteiger partial charge in [-0.05, 0) is 48.4 Å². The smallest absolute Gasteiger partial charge is 0.257 e. The van der Waals surface area contributed by atoms with Crippen LogP contribution in [0, 0.1) is 0 Å². The van der Waals surface area contributed by atoms with Gasteiger partial charge in [-0.3, -0.25) is 4.79 Å². The highest BCUT2D eigenvalue weighted by molar-refractivity contribution is 6.05. The number of hydrogen-bond donors (Lipinski definition) is 1. The second-order valence-electron chi connectivity index (χ2n) is 6.39. The first-order valence-corrected chi connectivity index (χ1v) is 8.66. The highest BCUT2D eigenvalue weighted by Gasteiger charge is 2.18. The number of aromatic nitrogens is 3. The van der Waals surface area contributed by atoms with E-state index in [4.69, 9.17) is 0 Å². The van der Waals surface area contributed by atoms with Crippen LogP contribution in [0.1, 0.15) is 39.9 Å². The van der Waals surface area contributed by atoms with E-state index in [2.05, 4.69) is 21.7 Å². The minimum absolute atomic E-state index is 0.106. The number of carbonyl (C=O) groups excluding carboxylic acids is 1. The van der Waals surface area contributed by atoms with E-state index >= 15 is 0 Å². The first-order chi connectivity index (χ1) is 12.3. The fourth-order valence-corrected chi connectivity index (χ4v) is 3.38. The van der Waals surface area contributed by atoms with Crippen molar-refractivity contribution < 1.29 is 4.79 Å². The van der Waals surface area contributed by atoms with Gasteiger partial charge >= 0.3 is 0 Å². The van der Waals surface area contributed by atoms with Crippen LogP contribution in [0.25, 0.3) is 0 Å². The quantitative estimate of drug-likeness (QED) is 0.796. The molecule has 2 aromatic carbocycles. The van der Waals surface area contributed by atoms with Gasteiger partial charge in [0.2, 0.25) is 0 Å². The van der Waals surface area contributed by atoms with Crippen molar-refractivity contribution in [2.75, 3.05) is 5.32 Å². The fourth-order valence-electron chi connectivity index (χ4n) is 3.38. The van der Waals surface area contributed by atoms with Gasteiger partial charge in [0.25, 0.3) is 5.91 Å². The molecule has 0 bridgehead atoms. The summed E-state index contributed by atoms with van der Waals surface area (Å²) in [6.07, 6.45) is 6.14. The van der Waals surface area contributed by atoms with Gasteiger partial charge in [-0.1, -0.05) is 47.7 Å². The Balaban J connectivity index is 1.49. The molecule has 1 aromatic heterocycles. The van der Waals surface area contributed by atoms with Gasteiger partial charge in [-0.2, -0.15) is 0 Å². The maximum absolute atomic E-state index is 12.7. The standard InChI is InChI=1S/C20H20N4O/c25-20(18-12-6-10-16-9-4-5-11-17(16)18)21-19-14-24(23-22-19)13-15-7-2-1-3-8-15/h1-3,6-8,10,12,14H,4-5,9,11,13H2,(H,21,25). The van der Waals surface area contributed by atoms with Crippen molar-refractivity contribution in [2.45, 2.75) is 32.2 Å². The number of carbonyl (C=O) groups is 1. The topological polar surface area (TPSA) is 59.8 Å². The van der Waals surface area contributed by atoms with Crippen molar-refractivity contribution in [1.82, 2.24) is 15.0 Å². The van der Waals surface area contributed by atoms with Crippen LogP contribution in [-0.2, 0) is 19.4 Å². The number of fused-ring (bicyclic) bond motifs is 1. The van der Waals surface area contributed by atoms with Gasteiger partial charge in [0.15, 0.2) is 5.82 Å². The Morgan fingerprint density at radius 2 is 1.88 bits per heavy atom. The van der Waals surface area contributed by atoms with Crippen LogP contribution < -0.4 is 5.32 Å². The predicted molar refractivity (Wildman–Crippen MR) is 96.6 cm³/mol. The van der Waals surface area contributed by atoms with Crippen LogP contribution in [0.15, 0.2) is 54.7 Å². The average molecular weight is 332 g/mol. The molecule has 1 aliphatic carbocycles. The van der Waals surface area contributed by atoms with Crippen molar-refractivity contribution in [1.29, 1.82) is 0 Å². The number of aryl methyl sites for hydroxylation is 1. The van der Waals surface area contributed by atoms with E-state index in [1.54, 1.807) is 10.9 Å². The van der Waals surface area contributed by atoms with Crippen LogP contribution in [-0.4, -0.2) is 20.9 Å². The lowest BCUT2D eigenvalue weighted by Crippen LogP contribution is -2.17. The van der Waals surface area contributed by atoms with Gasteiger partial charge < -0.3 is 5.32 Å². The highest BCUT2D eigenvalue weighted by atomic mass is 16.1. The second-order valence-corrected chi connectivity index (χ2v) is 6.39. The minimum atomic E-state index is -0.106. The van der Waals surface area contributed by atoms with Gasteiger partial charge in [0.1, 0.15) is 0 Å². The Labute approximate surface area is 146 Å². The summed E-state index contributed by atoms with van der Waals surface area (Å²) in [7, 11) is 0. The molecule has 1 N–H and O–H groups in total. The normalized spacial score (nSPS) is 13.3.